The first kappa shape index (κ1) is 16.4. The fraction of sp³-hybridized carbons (Fsp3) is 0.357. The SMILES string of the molecule is Cc1nnc(SCN2C(=O)c3c(C(C)C)cccc3S2(=O)=O)s1. The average Bonchev–Trinajstić information content (AvgIpc) is 2.98. The predicted molar refractivity (Wildman–Crippen MR) is 89.3 cm³/mol. The van der Waals surface area contributed by atoms with Gasteiger partial charge < -0.3 is 0 Å². The molecule has 0 aliphatic carbocycles. The molecule has 9 heteroatoms. The molecule has 3 rings (SSSR count). The Morgan fingerprint density at radius 1 is 1.30 bits per heavy atom. The largest absolute Gasteiger partial charge is 0.270 e. The number of hydrogen-bond donors (Lipinski definition) is 0. The van der Waals surface area contributed by atoms with Crippen molar-refractivity contribution >= 4 is 39.0 Å². The highest BCUT2D eigenvalue weighted by atomic mass is 32.2. The summed E-state index contributed by atoms with van der Waals surface area (Å²) in [6, 6.07) is 4.99. The zero-order chi connectivity index (χ0) is 16.8. The molecule has 0 bridgehead atoms. The van der Waals surface area contributed by atoms with E-state index in [2.05, 4.69) is 10.2 Å². The Morgan fingerprint density at radius 2 is 2.04 bits per heavy atom. The molecule has 2 heterocycles. The Kier molecular flexibility index (Phi) is 4.19. The number of thioether (sulfide) groups is 1. The summed E-state index contributed by atoms with van der Waals surface area (Å²) in [7, 11) is -3.80. The minimum absolute atomic E-state index is 0.00200. The highest BCUT2D eigenvalue weighted by molar-refractivity contribution is 8.01. The maximum atomic E-state index is 12.7. The average molecular weight is 369 g/mol. The van der Waals surface area contributed by atoms with Gasteiger partial charge in [-0.3, -0.25) is 4.79 Å². The van der Waals surface area contributed by atoms with Crippen molar-refractivity contribution in [3.63, 3.8) is 0 Å². The molecule has 0 unspecified atom stereocenters. The molecule has 1 aromatic carbocycles. The monoisotopic (exact) mass is 369 g/mol. The number of nitrogens with zero attached hydrogens (tertiary/aromatic N) is 3. The number of carbonyl (C=O) groups excluding carboxylic acids is 1. The Morgan fingerprint density at radius 3 is 2.65 bits per heavy atom. The van der Waals surface area contributed by atoms with Gasteiger partial charge in [0.05, 0.1) is 11.4 Å². The number of aromatic nitrogens is 2. The number of sulfonamides is 1. The second kappa shape index (κ2) is 5.88. The molecule has 1 aliphatic rings. The molecule has 0 radical (unpaired) electrons. The third kappa shape index (κ3) is 2.77. The third-order valence-electron chi connectivity index (χ3n) is 3.50. The van der Waals surface area contributed by atoms with Gasteiger partial charge in [-0.25, -0.2) is 12.7 Å². The summed E-state index contributed by atoms with van der Waals surface area (Å²) >= 11 is 2.57. The lowest BCUT2D eigenvalue weighted by molar-refractivity contribution is 0.0885. The van der Waals surface area contributed by atoms with Crippen LogP contribution < -0.4 is 0 Å². The van der Waals surface area contributed by atoms with E-state index in [1.54, 1.807) is 6.07 Å². The molecule has 0 saturated carbocycles. The van der Waals surface area contributed by atoms with Crippen molar-refractivity contribution in [1.29, 1.82) is 0 Å². The number of carbonyl (C=O) groups is 1. The summed E-state index contributed by atoms with van der Waals surface area (Å²) in [5.74, 6) is -0.386. The lowest BCUT2D eigenvalue weighted by Crippen LogP contribution is -2.29. The van der Waals surface area contributed by atoms with Crippen molar-refractivity contribution in [1.82, 2.24) is 14.5 Å². The van der Waals surface area contributed by atoms with Gasteiger partial charge in [-0.1, -0.05) is 49.1 Å². The number of rotatable bonds is 4. The number of amides is 1. The molecule has 0 N–H and O–H groups in total. The first-order chi connectivity index (χ1) is 10.8. The molecule has 2 aromatic rings. The number of hydrogen-bond acceptors (Lipinski definition) is 7. The molecule has 0 atom stereocenters. The van der Waals surface area contributed by atoms with Crippen LogP contribution >= 0.6 is 23.1 Å². The number of fused-ring (bicyclic) bond motifs is 1. The van der Waals surface area contributed by atoms with E-state index in [0.29, 0.717) is 9.90 Å². The van der Waals surface area contributed by atoms with E-state index < -0.39 is 15.9 Å². The number of aryl methyl sites for hydroxylation is 1. The van der Waals surface area contributed by atoms with Gasteiger partial charge >= 0.3 is 0 Å². The Balaban J connectivity index is 1.95. The first-order valence-corrected chi connectivity index (χ1v) is 10.2. The van der Waals surface area contributed by atoms with Crippen LogP contribution in [-0.4, -0.2) is 34.7 Å². The fourth-order valence-electron chi connectivity index (χ4n) is 2.40. The Bertz CT molecular complexity index is 874. The maximum Gasteiger partial charge on any atom is 0.270 e. The smallest absolute Gasteiger partial charge is 0.268 e. The Labute approximate surface area is 143 Å². The lowest BCUT2D eigenvalue weighted by Gasteiger charge is -2.13. The molecule has 1 aromatic heterocycles. The second-order valence-corrected chi connectivity index (χ2v) is 9.60. The minimum Gasteiger partial charge on any atom is -0.268 e. The van der Waals surface area contributed by atoms with Crippen molar-refractivity contribution in [2.75, 3.05) is 5.88 Å². The van der Waals surface area contributed by atoms with Crippen molar-refractivity contribution in [2.24, 2.45) is 0 Å². The van der Waals surface area contributed by atoms with Gasteiger partial charge in [0.1, 0.15) is 9.90 Å². The Hall–Kier alpha value is -1.45. The van der Waals surface area contributed by atoms with Crippen molar-refractivity contribution in [2.45, 2.75) is 35.9 Å². The van der Waals surface area contributed by atoms with Gasteiger partial charge in [0, 0.05) is 0 Å². The summed E-state index contributed by atoms with van der Waals surface area (Å²) in [5.41, 5.74) is 1.06. The van der Waals surface area contributed by atoms with Gasteiger partial charge in [-0.05, 0) is 24.5 Å². The van der Waals surface area contributed by atoms with E-state index in [4.69, 9.17) is 0 Å². The topological polar surface area (TPSA) is 80.2 Å². The van der Waals surface area contributed by atoms with E-state index >= 15 is 0 Å². The van der Waals surface area contributed by atoms with Crippen LogP contribution in [0.2, 0.25) is 0 Å². The fourth-order valence-corrected chi connectivity index (χ4v) is 5.99. The van der Waals surface area contributed by atoms with E-state index in [1.165, 1.54) is 29.2 Å². The minimum atomic E-state index is -3.80. The molecule has 1 amide bonds. The van der Waals surface area contributed by atoms with E-state index in [1.807, 2.05) is 26.8 Å². The summed E-state index contributed by atoms with van der Waals surface area (Å²) in [5, 5.41) is 8.63. The van der Waals surface area contributed by atoms with Gasteiger partial charge in [-0.15, -0.1) is 10.2 Å². The standard InChI is InChI=1S/C14H15N3O3S3/c1-8(2)10-5-4-6-11-12(10)13(18)17(23(11,19)20)7-21-14-16-15-9(3)22-14/h4-6,8H,7H2,1-3H3. The second-order valence-electron chi connectivity index (χ2n) is 5.39. The summed E-state index contributed by atoms with van der Waals surface area (Å²) in [6.45, 7) is 5.71. The van der Waals surface area contributed by atoms with Gasteiger partial charge in [-0.2, -0.15) is 0 Å². The molecular formula is C14H15N3O3S3. The van der Waals surface area contributed by atoms with Gasteiger partial charge in [0.25, 0.3) is 15.9 Å². The van der Waals surface area contributed by atoms with Gasteiger partial charge in [0.2, 0.25) is 0 Å². The van der Waals surface area contributed by atoms with E-state index in [0.717, 1.165) is 14.9 Å². The first-order valence-electron chi connectivity index (χ1n) is 6.95. The van der Waals surface area contributed by atoms with Crippen LogP contribution in [0.3, 0.4) is 0 Å². The van der Waals surface area contributed by atoms with Crippen LogP contribution in [0.1, 0.15) is 40.7 Å². The molecular weight excluding hydrogens is 354 g/mol. The van der Waals surface area contributed by atoms with Crippen LogP contribution in [0.25, 0.3) is 0 Å². The van der Waals surface area contributed by atoms with E-state index in [-0.39, 0.29) is 16.7 Å². The van der Waals surface area contributed by atoms with Crippen LogP contribution in [-0.2, 0) is 10.0 Å². The maximum absolute atomic E-state index is 12.7. The van der Waals surface area contributed by atoms with Crippen LogP contribution in [0.4, 0.5) is 0 Å². The normalized spacial score (nSPS) is 16.2. The zero-order valence-electron chi connectivity index (χ0n) is 12.8. The molecule has 0 fully saturated rings. The van der Waals surface area contributed by atoms with E-state index in [9.17, 15) is 13.2 Å². The third-order valence-corrected chi connectivity index (χ3v) is 7.39. The summed E-state index contributed by atoms with van der Waals surface area (Å²) in [6.07, 6.45) is 0. The molecule has 23 heavy (non-hydrogen) atoms. The molecule has 122 valence electrons. The lowest BCUT2D eigenvalue weighted by atomic mass is 9.97. The molecule has 0 saturated heterocycles. The quantitative estimate of drug-likeness (QED) is 0.771. The van der Waals surface area contributed by atoms with Crippen molar-refractivity contribution in [3.8, 4) is 0 Å². The van der Waals surface area contributed by atoms with Crippen LogP contribution in [0.15, 0.2) is 27.4 Å². The summed E-state index contributed by atoms with van der Waals surface area (Å²) in [4.78, 5) is 12.8. The number of benzene rings is 1. The van der Waals surface area contributed by atoms with Crippen molar-refractivity contribution in [3.05, 3.63) is 34.3 Å². The highest BCUT2D eigenvalue weighted by Gasteiger charge is 2.42. The van der Waals surface area contributed by atoms with Gasteiger partial charge in [0.15, 0.2) is 4.34 Å². The highest BCUT2D eigenvalue weighted by Crippen LogP contribution is 2.37. The summed E-state index contributed by atoms with van der Waals surface area (Å²) < 4.78 is 26.9. The van der Waals surface area contributed by atoms with Crippen molar-refractivity contribution < 1.29 is 13.2 Å². The predicted octanol–water partition coefficient (Wildman–Crippen LogP) is 2.86. The van der Waals surface area contributed by atoms with Crippen LogP contribution in [0.5, 0.6) is 0 Å². The molecule has 0 spiro atoms. The van der Waals surface area contributed by atoms with Crippen LogP contribution in [0, 0.1) is 6.92 Å². The zero-order valence-corrected chi connectivity index (χ0v) is 15.3. The molecule has 1 aliphatic heterocycles. The molecule has 6 nitrogen and oxygen atoms in total.